The molecule has 1 aliphatic rings. The van der Waals surface area contributed by atoms with Crippen LogP contribution in [0.1, 0.15) is 23.4 Å². The fraction of sp³-hybridized carbons (Fsp3) is 0.714. The number of guanidine groups is 1. The third-order valence-electron chi connectivity index (χ3n) is 3.80. The number of nitrogens with one attached hydrogen (secondary N) is 1. The smallest absolute Gasteiger partial charge is 0.193 e. The summed E-state index contributed by atoms with van der Waals surface area (Å²) in [5.41, 5.74) is 2.04. The van der Waals surface area contributed by atoms with E-state index in [1.54, 1.807) is 7.11 Å². The molecule has 1 aromatic heterocycles. The van der Waals surface area contributed by atoms with Crippen molar-refractivity contribution in [2.75, 3.05) is 33.9 Å². The molecule has 0 radical (unpaired) electrons. The Morgan fingerprint density at radius 3 is 2.86 bits per heavy atom. The zero-order valence-corrected chi connectivity index (χ0v) is 15.5. The lowest BCUT2D eigenvalue weighted by atomic mass is 10.1. The topological polar surface area (TPSA) is 62.9 Å². The van der Waals surface area contributed by atoms with Gasteiger partial charge in [-0.15, -0.1) is 24.0 Å². The standard InChI is InChI=1S/C14H24N4O2.HI/c1-10-13(11(2)20-17-10)7-16-14(15-3)18-6-5-12(8-18)9-19-4;/h12H,5-9H2,1-4H3,(H,15,16);1H. The van der Waals surface area contributed by atoms with Gasteiger partial charge in [0.25, 0.3) is 0 Å². The highest BCUT2D eigenvalue weighted by atomic mass is 127. The van der Waals surface area contributed by atoms with Gasteiger partial charge in [0, 0.05) is 45.3 Å². The van der Waals surface area contributed by atoms with Gasteiger partial charge in [0.05, 0.1) is 12.3 Å². The van der Waals surface area contributed by atoms with Crippen LogP contribution in [0.5, 0.6) is 0 Å². The molecule has 1 atom stereocenters. The number of nitrogens with zero attached hydrogens (tertiary/aromatic N) is 3. The minimum Gasteiger partial charge on any atom is -0.384 e. The largest absolute Gasteiger partial charge is 0.384 e. The van der Waals surface area contributed by atoms with Crippen LogP contribution in [-0.4, -0.2) is 49.9 Å². The van der Waals surface area contributed by atoms with E-state index in [0.717, 1.165) is 49.1 Å². The number of aliphatic imine (C=N–C) groups is 1. The van der Waals surface area contributed by atoms with E-state index in [-0.39, 0.29) is 24.0 Å². The van der Waals surface area contributed by atoms with E-state index in [0.29, 0.717) is 12.5 Å². The van der Waals surface area contributed by atoms with Crippen molar-refractivity contribution in [3.63, 3.8) is 0 Å². The van der Waals surface area contributed by atoms with Gasteiger partial charge >= 0.3 is 0 Å². The minimum absolute atomic E-state index is 0. The maximum atomic E-state index is 5.23. The van der Waals surface area contributed by atoms with Crippen molar-refractivity contribution in [1.82, 2.24) is 15.4 Å². The number of aryl methyl sites for hydroxylation is 2. The Morgan fingerprint density at radius 1 is 1.52 bits per heavy atom. The van der Waals surface area contributed by atoms with Crippen molar-refractivity contribution in [3.8, 4) is 0 Å². The maximum Gasteiger partial charge on any atom is 0.193 e. The van der Waals surface area contributed by atoms with E-state index < -0.39 is 0 Å². The summed E-state index contributed by atoms with van der Waals surface area (Å²) in [6, 6.07) is 0. The maximum absolute atomic E-state index is 5.23. The predicted octanol–water partition coefficient (Wildman–Crippen LogP) is 1.95. The summed E-state index contributed by atoms with van der Waals surface area (Å²) in [4.78, 5) is 6.64. The van der Waals surface area contributed by atoms with E-state index in [2.05, 4.69) is 20.4 Å². The highest BCUT2D eigenvalue weighted by molar-refractivity contribution is 14.0. The van der Waals surface area contributed by atoms with Crippen LogP contribution in [0.25, 0.3) is 0 Å². The molecule has 0 amide bonds. The molecule has 1 fully saturated rings. The number of ether oxygens (including phenoxy) is 1. The zero-order valence-electron chi connectivity index (χ0n) is 13.2. The molecule has 1 aliphatic heterocycles. The van der Waals surface area contributed by atoms with Crippen LogP contribution in [-0.2, 0) is 11.3 Å². The molecular weight excluding hydrogens is 383 g/mol. The molecule has 120 valence electrons. The fourth-order valence-electron chi connectivity index (χ4n) is 2.65. The lowest BCUT2D eigenvalue weighted by molar-refractivity contribution is 0.157. The minimum atomic E-state index is 0. The lowest BCUT2D eigenvalue weighted by Crippen LogP contribution is -2.40. The van der Waals surface area contributed by atoms with Gasteiger partial charge in [-0.1, -0.05) is 5.16 Å². The molecule has 2 rings (SSSR count). The van der Waals surface area contributed by atoms with E-state index in [1.807, 2.05) is 20.9 Å². The first-order chi connectivity index (χ1) is 9.65. The zero-order chi connectivity index (χ0) is 14.5. The summed E-state index contributed by atoms with van der Waals surface area (Å²) in [6.45, 7) is 7.42. The molecular formula is C14H25IN4O2. The van der Waals surface area contributed by atoms with Crippen LogP contribution >= 0.6 is 24.0 Å². The van der Waals surface area contributed by atoms with Crippen LogP contribution in [0.2, 0.25) is 0 Å². The Kier molecular flexibility index (Phi) is 7.44. The van der Waals surface area contributed by atoms with E-state index in [1.165, 1.54) is 0 Å². The SMILES string of the molecule is CN=C(NCc1c(C)noc1C)N1CCC(COC)C1.I. The summed E-state index contributed by atoms with van der Waals surface area (Å²) in [7, 11) is 3.58. The van der Waals surface area contributed by atoms with Gasteiger partial charge in [0.1, 0.15) is 5.76 Å². The molecule has 0 bridgehead atoms. The van der Waals surface area contributed by atoms with Crippen molar-refractivity contribution in [2.24, 2.45) is 10.9 Å². The monoisotopic (exact) mass is 408 g/mol. The second kappa shape index (κ2) is 8.57. The summed E-state index contributed by atoms with van der Waals surface area (Å²) in [6.07, 6.45) is 1.15. The normalized spacial score (nSPS) is 18.8. The Hall–Kier alpha value is -0.830. The van der Waals surface area contributed by atoms with Gasteiger partial charge in [-0.05, 0) is 20.3 Å². The van der Waals surface area contributed by atoms with Crippen LogP contribution < -0.4 is 5.32 Å². The highest BCUT2D eigenvalue weighted by Crippen LogP contribution is 2.17. The van der Waals surface area contributed by atoms with Crippen molar-refractivity contribution in [2.45, 2.75) is 26.8 Å². The van der Waals surface area contributed by atoms with Crippen molar-refractivity contribution in [1.29, 1.82) is 0 Å². The predicted molar refractivity (Wildman–Crippen MR) is 93.1 cm³/mol. The molecule has 1 saturated heterocycles. The Bertz CT molecular complexity index is 456. The Morgan fingerprint density at radius 2 is 2.29 bits per heavy atom. The Labute approximate surface area is 143 Å². The fourth-order valence-corrected chi connectivity index (χ4v) is 2.65. The molecule has 1 aromatic rings. The van der Waals surface area contributed by atoms with E-state index in [4.69, 9.17) is 9.26 Å². The number of aromatic nitrogens is 1. The summed E-state index contributed by atoms with van der Waals surface area (Å²) < 4.78 is 10.4. The molecule has 1 unspecified atom stereocenters. The number of hydrogen-bond donors (Lipinski definition) is 1. The third kappa shape index (κ3) is 4.57. The highest BCUT2D eigenvalue weighted by Gasteiger charge is 2.24. The van der Waals surface area contributed by atoms with E-state index >= 15 is 0 Å². The summed E-state index contributed by atoms with van der Waals surface area (Å²) >= 11 is 0. The van der Waals surface area contributed by atoms with Crippen LogP contribution in [0.3, 0.4) is 0 Å². The molecule has 0 spiro atoms. The van der Waals surface area contributed by atoms with Gasteiger partial charge in [-0.3, -0.25) is 4.99 Å². The number of hydrogen-bond acceptors (Lipinski definition) is 4. The number of halogens is 1. The van der Waals surface area contributed by atoms with Crippen LogP contribution in [0.4, 0.5) is 0 Å². The van der Waals surface area contributed by atoms with Gasteiger partial charge in [0.15, 0.2) is 5.96 Å². The lowest BCUT2D eigenvalue weighted by Gasteiger charge is -2.21. The molecule has 6 nitrogen and oxygen atoms in total. The molecule has 0 aromatic carbocycles. The molecule has 7 heteroatoms. The average Bonchev–Trinajstić information content (AvgIpc) is 3.01. The number of methoxy groups -OCH3 is 1. The van der Waals surface area contributed by atoms with Gasteiger partial charge in [-0.2, -0.15) is 0 Å². The van der Waals surface area contributed by atoms with Gasteiger partial charge in [0.2, 0.25) is 0 Å². The van der Waals surface area contributed by atoms with E-state index in [9.17, 15) is 0 Å². The number of rotatable bonds is 4. The number of likely N-dealkylation sites (tertiary alicyclic amines) is 1. The molecule has 0 aliphatic carbocycles. The summed E-state index contributed by atoms with van der Waals surface area (Å²) in [5, 5.41) is 7.36. The molecule has 2 heterocycles. The third-order valence-corrected chi connectivity index (χ3v) is 3.80. The van der Waals surface area contributed by atoms with Crippen molar-refractivity contribution in [3.05, 3.63) is 17.0 Å². The first kappa shape index (κ1) is 18.2. The quantitative estimate of drug-likeness (QED) is 0.469. The Balaban J connectivity index is 0.00000220. The second-order valence-corrected chi connectivity index (χ2v) is 5.26. The first-order valence-electron chi connectivity index (χ1n) is 7.02. The average molecular weight is 408 g/mol. The van der Waals surface area contributed by atoms with Crippen molar-refractivity contribution < 1.29 is 9.26 Å². The van der Waals surface area contributed by atoms with Crippen LogP contribution in [0, 0.1) is 19.8 Å². The first-order valence-corrected chi connectivity index (χ1v) is 7.02. The summed E-state index contributed by atoms with van der Waals surface area (Å²) in [5.74, 6) is 2.39. The van der Waals surface area contributed by atoms with Gasteiger partial charge < -0.3 is 19.5 Å². The van der Waals surface area contributed by atoms with Crippen molar-refractivity contribution >= 4 is 29.9 Å². The second-order valence-electron chi connectivity index (χ2n) is 5.26. The van der Waals surface area contributed by atoms with Crippen LogP contribution in [0.15, 0.2) is 9.52 Å². The molecule has 0 saturated carbocycles. The molecule has 1 N–H and O–H groups in total. The molecule has 21 heavy (non-hydrogen) atoms. The van der Waals surface area contributed by atoms with Gasteiger partial charge in [-0.25, -0.2) is 0 Å².